The van der Waals surface area contributed by atoms with Gasteiger partial charge in [-0.2, -0.15) is 0 Å². The lowest BCUT2D eigenvalue weighted by atomic mass is 10.1. The summed E-state index contributed by atoms with van der Waals surface area (Å²) in [7, 11) is -3.51. The van der Waals surface area contributed by atoms with Crippen molar-refractivity contribution in [3.05, 3.63) is 42.9 Å². The van der Waals surface area contributed by atoms with Gasteiger partial charge in [-0.25, -0.2) is 28.4 Å². The average Bonchev–Trinajstić information content (AvgIpc) is 2.98. The van der Waals surface area contributed by atoms with Crippen LogP contribution in [0, 0.1) is 0 Å². The fourth-order valence-corrected chi connectivity index (χ4v) is 3.21. The molecule has 134 valence electrons. The smallest absolute Gasteiger partial charge is 0.247 e. The number of hydrogen-bond donors (Lipinski definition) is 1. The molecule has 0 fully saturated rings. The summed E-state index contributed by atoms with van der Waals surface area (Å²) in [6, 6.07) is 7.13. The van der Waals surface area contributed by atoms with Crippen LogP contribution in [0.4, 0.5) is 5.95 Å². The molecule has 0 radical (unpaired) electrons. The van der Waals surface area contributed by atoms with E-state index in [2.05, 4.69) is 19.9 Å². The highest BCUT2D eigenvalue weighted by molar-refractivity contribution is 7.90. The minimum atomic E-state index is -3.51. The third-order valence-electron chi connectivity index (χ3n) is 3.65. The number of pyridine rings is 1. The first-order valence-corrected chi connectivity index (χ1v) is 9.89. The molecule has 8 nitrogen and oxygen atoms in total. The number of nitrogens with two attached hydrogens (primary N) is 1. The first-order chi connectivity index (χ1) is 12.5. The van der Waals surface area contributed by atoms with Gasteiger partial charge in [-0.05, 0) is 24.3 Å². The second kappa shape index (κ2) is 6.68. The number of nitrogens with zero attached hydrogens (tertiary/aromatic N) is 5. The van der Waals surface area contributed by atoms with Crippen LogP contribution in [0.2, 0.25) is 0 Å². The van der Waals surface area contributed by atoms with Crippen LogP contribution in [0.25, 0.3) is 27.8 Å². The zero-order valence-electron chi connectivity index (χ0n) is 14.6. The van der Waals surface area contributed by atoms with E-state index in [1.807, 2.05) is 19.9 Å². The number of fused-ring (bicyclic) bond motifs is 3. The highest BCUT2D eigenvalue weighted by atomic mass is 32.2. The predicted octanol–water partition coefficient (Wildman–Crippen LogP) is 2.35. The Morgan fingerprint density at radius 2 is 1.73 bits per heavy atom. The zero-order valence-corrected chi connectivity index (χ0v) is 15.4. The van der Waals surface area contributed by atoms with Crippen molar-refractivity contribution in [3.63, 3.8) is 0 Å². The van der Waals surface area contributed by atoms with Gasteiger partial charge in [0.1, 0.15) is 5.65 Å². The molecular weight excluding hydrogens is 352 g/mol. The molecule has 0 aliphatic heterocycles. The van der Waals surface area contributed by atoms with Gasteiger partial charge in [-0.3, -0.25) is 4.40 Å². The summed E-state index contributed by atoms with van der Waals surface area (Å²) in [5.41, 5.74) is 8.59. The summed E-state index contributed by atoms with van der Waals surface area (Å²) >= 11 is 0. The number of anilines is 1. The SMILES string of the molecule is CC.CS(=O)(=O)c1nccc(-c2c3cccnc3n3c(N)nccc23)n1. The fraction of sp³-hybridized carbons (Fsp3) is 0.176. The lowest BCUT2D eigenvalue weighted by Crippen LogP contribution is -2.04. The molecule has 0 aliphatic carbocycles. The number of rotatable bonds is 2. The molecule has 0 aliphatic rings. The minimum absolute atomic E-state index is 0.224. The van der Waals surface area contributed by atoms with Gasteiger partial charge in [-0.1, -0.05) is 13.8 Å². The molecule has 26 heavy (non-hydrogen) atoms. The van der Waals surface area contributed by atoms with Crippen LogP contribution in [-0.4, -0.2) is 39.0 Å². The van der Waals surface area contributed by atoms with Crippen molar-refractivity contribution in [2.75, 3.05) is 12.0 Å². The van der Waals surface area contributed by atoms with Gasteiger partial charge < -0.3 is 5.73 Å². The van der Waals surface area contributed by atoms with Crippen molar-refractivity contribution in [1.29, 1.82) is 0 Å². The maximum absolute atomic E-state index is 11.8. The Kier molecular flexibility index (Phi) is 4.56. The normalized spacial score (nSPS) is 11.3. The number of nitrogen functional groups attached to an aromatic ring is 1. The molecule has 4 rings (SSSR count). The molecular formula is C17H18N6O2S. The van der Waals surface area contributed by atoms with Crippen LogP contribution in [-0.2, 0) is 9.84 Å². The van der Waals surface area contributed by atoms with Gasteiger partial charge in [0.25, 0.3) is 0 Å². The summed E-state index contributed by atoms with van der Waals surface area (Å²) in [5.74, 6) is 0.292. The van der Waals surface area contributed by atoms with Crippen molar-refractivity contribution in [2.24, 2.45) is 0 Å². The van der Waals surface area contributed by atoms with E-state index in [0.29, 0.717) is 17.3 Å². The van der Waals surface area contributed by atoms with Gasteiger partial charge in [0, 0.05) is 35.8 Å². The maximum Gasteiger partial charge on any atom is 0.247 e. The van der Waals surface area contributed by atoms with E-state index in [9.17, 15) is 8.42 Å². The van der Waals surface area contributed by atoms with Gasteiger partial charge in [0.05, 0.1) is 11.2 Å². The molecule has 4 heterocycles. The molecule has 0 unspecified atom stereocenters. The second-order valence-corrected chi connectivity index (χ2v) is 7.18. The highest BCUT2D eigenvalue weighted by Gasteiger charge is 2.19. The third-order valence-corrected chi connectivity index (χ3v) is 4.51. The summed E-state index contributed by atoms with van der Waals surface area (Å²) in [6.45, 7) is 4.00. The molecule has 0 atom stereocenters. The Hall–Kier alpha value is -3.07. The van der Waals surface area contributed by atoms with Crippen LogP contribution in [0.5, 0.6) is 0 Å². The Labute approximate surface area is 150 Å². The van der Waals surface area contributed by atoms with Gasteiger partial charge >= 0.3 is 0 Å². The van der Waals surface area contributed by atoms with Gasteiger partial charge in [-0.15, -0.1) is 0 Å². The van der Waals surface area contributed by atoms with Gasteiger partial charge in [0.2, 0.25) is 20.9 Å². The van der Waals surface area contributed by atoms with E-state index in [-0.39, 0.29) is 5.16 Å². The summed E-state index contributed by atoms with van der Waals surface area (Å²) in [5, 5.41) is 0.578. The molecule has 0 aromatic carbocycles. The number of hydrogen-bond acceptors (Lipinski definition) is 7. The van der Waals surface area contributed by atoms with Crippen molar-refractivity contribution in [1.82, 2.24) is 24.3 Å². The quantitative estimate of drug-likeness (QED) is 0.538. The van der Waals surface area contributed by atoms with E-state index in [0.717, 1.165) is 22.7 Å². The molecule has 0 saturated carbocycles. The molecule has 2 N–H and O–H groups in total. The lowest BCUT2D eigenvalue weighted by Gasteiger charge is -2.03. The van der Waals surface area contributed by atoms with E-state index in [1.54, 1.807) is 35.0 Å². The van der Waals surface area contributed by atoms with E-state index < -0.39 is 9.84 Å². The largest absolute Gasteiger partial charge is 0.369 e. The highest BCUT2D eigenvalue weighted by Crippen LogP contribution is 2.34. The Bertz CT molecular complexity index is 1200. The fourth-order valence-electron chi connectivity index (χ4n) is 2.69. The van der Waals surface area contributed by atoms with E-state index in [4.69, 9.17) is 5.73 Å². The van der Waals surface area contributed by atoms with Crippen molar-refractivity contribution in [3.8, 4) is 11.3 Å². The summed E-state index contributed by atoms with van der Waals surface area (Å²) < 4.78 is 25.2. The zero-order chi connectivity index (χ0) is 18.9. The first kappa shape index (κ1) is 17.7. The molecule has 0 amide bonds. The molecule has 0 spiro atoms. The van der Waals surface area contributed by atoms with Crippen LogP contribution >= 0.6 is 0 Å². The minimum Gasteiger partial charge on any atom is -0.369 e. The molecule has 4 aromatic rings. The Morgan fingerprint density at radius 3 is 2.46 bits per heavy atom. The monoisotopic (exact) mass is 370 g/mol. The molecule has 0 bridgehead atoms. The maximum atomic E-state index is 11.8. The third kappa shape index (κ3) is 2.86. The standard InChI is InChI=1S/C15H12N6O2S.C2H6/c1-24(22,23)15-19-7-4-10(20-15)12-9-3-2-6-17-13(9)21-11(12)5-8-18-14(21)16;1-2/h2-8H,1H3,(H2,16,18);1-2H3. The van der Waals surface area contributed by atoms with Crippen LogP contribution in [0.3, 0.4) is 0 Å². The van der Waals surface area contributed by atoms with E-state index in [1.165, 1.54) is 6.20 Å². The number of sulfone groups is 1. The topological polar surface area (TPSA) is 116 Å². The molecule has 0 saturated heterocycles. The molecule has 9 heteroatoms. The van der Waals surface area contributed by atoms with Crippen molar-refractivity contribution in [2.45, 2.75) is 19.0 Å². The van der Waals surface area contributed by atoms with Gasteiger partial charge in [0.15, 0.2) is 0 Å². The summed E-state index contributed by atoms with van der Waals surface area (Å²) in [4.78, 5) is 16.5. The molecule has 4 aromatic heterocycles. The van der Waals surface area contributed by atoms with Crippen molar-refractivity contribution < 1.29 is 8.42 Å². The Balaban J connectivity index is 0.000000948. The lowest BCUT2D eigenvalue weighted by molar-refractivity contribution is 0.593. The van der Waals surface area contributed by atoms with Crippen molar-refractivity contribution >= 4 is 32.3 Å². The Morgan fingerprint density at radius 1 is 1.00 bits per heavy atom. The van der Waals surface area contributed by atoms with Crippen LogP contribution < -0.4 is 5.73 Å². The first-order valence-electron chi connectivity index (χ1n) is 8.00. The summed E-state index contributed by atoms with van der Waals surface area (Å²) in [6.07, 6.45) is 5.75. The second-order valence-electron chi connectivity index (χ2n) is 5.27. The van der Waals surface area contributed by atoms with Crippen LogP contribution in [0.1, 0.15) is 13.8 Å². The number of aromatic nitrogens is 5. The predicted molar refractivity (Wildman–Crippen MR) is 100 cm³/mol. The van der Waals surface area contributed by atoms with Crippen LogP contribution in [0.15, 0.2) is 48.0 Å². The average molecular weight is 370 g/mol. The van der Waals surface area contributed by atoms with E-state index >= 15 is 0 Å².